The summed E-state index contributed by atoms with van der Waals surface area (Å²) in [5, 5.41) is 0. The highest BCUT2D eigenvalue weighted by Crippen LogP contribution is 2.28. The molecule has 4 aromatic rings. The number of hydrogen-bond acceptors (Lipinski definition) is 2. The quantitative estimate of drug-likeness (QED) is 0.153. The van der Waals surface area contributed by atoms with Crippen LogP contribution in [0.1, 0.15) is 22.3 Å². The van der Waals surface area contributed by atoms with E-state index in [1.54, 1.807) is 63.1 Å². The summed E-state index contributed by atoms with van der Waals surface area (Å²) in [6.45, 7) is 0. The van der Waals surface area contributed by atoms with Gasteiger partial charge in [-0.15, -0.1) is 0 Å². The third-order valence-electron chi connectivity index (χ3n) is 5.93. The van der Waals surface area contributed by atoms with Crippen molar-refractivity contribution in [2.75, 3.05) is 0 Å². The van der Waals surface area contributed by atoms with Gasteiger partial charge in [-0.3, -0.25) is 0 Å². The Hall–Kier alpha value is -4.19. The van der Waals surface area contributed by atoms with Crippen LogP contribution in [0.2, 0.25) is 12.6 Å². The maximum atomic E-state index is 14.0. The summed E-state index contributed by atoms with van der Waals surface area (Å²) in [6.07, 6.45) is 0.917. The van der Waals surface area contributed by atoms with Crippen molar-refractivity contribution >= 4 is 25.7 Å². The minimum absolute atomic E-state index is 0.354. The Morgan fingerprint density at radius 3 is 0.974 bits per heavy atom. The minimum Gasteiger partial charge on any atom is -0.410 e. The fourth-order valence-electron chi connectivity index (χ4n) is 4.26. The van der Waals surface area contributed by atoms with Crippen molar-refractivity contribution < 1.29 is 17.6 Å². The second-order valence-corrected chi connectivity index (χ2v) is 8.69. The molecular formula is C30H24B2F4N2. The summed E-state index contributed by atoms with van der Waals surface area (Å²) in [5.74, 6) is -1.73. The van der Waals surface area contributed by atoms with Gasteiger partial charge in [-0.05, 0) is 93.1 Å². The van der Waals surface area contributed by atoms with E-state index in [0.29, 0.717) is 57.2 Å². The summed E-state index contributed by atoms with van der Waals surface area (Å²) in [6, 6.07) is 23.8. The van der Waals surface area contributed by atoms with Gasteiger partial charge >= 0.3 is 0 Å². The van der Waals surface area contributed by atoms with E-state index in [1.165, 1.54) is 48.5 Å². The lowest BCUT2D eigenvalue weighted by Crippen LogP contribution is -2.15. The Morgan fingerprint density at radius 2 is 0.737 bits per heavy atom. The average Bonchev–Trinajstić information content (AvgIpc) is 2.87. The van der Waals surface area contributed by atoms with E-state index in [0.717, 1.165) is 0 Å². The molecule has 0 aliphatic heterocycles. The molecule has 0 bridgehead atoms. The molecule has 0 fully saturated rings. The van der Waals surface area contributed by atoms with Crippen LogP contribution < -0.4 is 11.5 Å². The highest BCUT2D eigenvalue weighted by atomic mass is 19.1. The van der Waals surface area contributed by atoms with Crippen molar-refractivity contribution in [3.8, 4) is 0 Å². The Labute approximate surface area is 221 Å². The lowest BCUT2D eigenvalue weighted by molar-refractivity contribution is 0.626. The van der Waals surface area contributed by atoms with Crippen LogP contribution in [0.4, 0.5) is 17.6 Å². The van der Waals surface area contributed by atoms with E-state index in [4.69, 9.17) is 11.5 Å². The zero-order valence-corrected chi connectivity index (χ0v) is 20.5. The van der Waals surface area contributed by atoms with Crippen LogP contribution in [0.5, 0.6) is 0 Å². The summed E-state index contributed by atoms with van der Waals surface area (Å²) in [7, 11) is 3.53. The fraction of sp³-hybridized carbons (Fsp3) is 0.0667. The summed E-state index contributed by atoms with van der Waals surface area (Å²) in [5.41, 5.74) is 16.6. The Bertz CT molecular complexity index is 1290. The molecule has 4 aromatic carbocycles. The normalized spacial score (nSPS) is 10.5. The van der Waals surface area contributed by atoms with Gasteiger partial charge in [0, 0.05) is 0 Å². The molecule has 0 aliphatic carbocycles. The highest BCUT2D eigenvalue weighted by Gasteiger charge is 2.15. The highest BCUT2D eigenvalue weighted by molar-refractivity contribution is 6.53. The van der Waals surface area contributed by atoms with Gasteiger partial charge in [-0.2, -0.15) is 0 Å². The predicted molar refractivity (Wildman–Crippen MR) is 147 cm³/mol. The van der Waals surface area contributed by atoms with Gasteiger partial charge in [0.1, 0.15) is 23.3 Å². The van der Waals surface area contributed by atoms with Gasteiger partial charge in [-0.25, -0.2) is 17.6 Å². The number of nitrogens with two attached hydrogens (primary N) is 2. The molecule has 0 saturated heterocycles. The van der Waals surface area contributed by atoms with Crippen LogP contribution in [0.25, 0.3) is 11.1 Å². The van der Waals surface area contributed by atoms with Crippen molar-refractivity contribution in [1.82, 2.24) is 0 Å². The van der Waals surface area contributed by atoms with Crippen LogP contribution in [0, 0.1) is 23.3 Å². The molecule has 0 aliphatic rings. The average molecular weight is 510 g/mol. The van der Waals surface area contributed by atoms with Gasteiger partial charge in [0.2, 0.25) is 0 Å². The van der Waals surface area contributed by atoms with Crippen molar-refractivity contribution in [1.29, 1.82) is 0 Å². The third kappa shape index (κ3) is 6.76. The molecule has 2 nitrogen and oxygen atoms in total. The Morgan fingerprint density at radius 1 is 0.474 bits per heavy atom. The van der Waals surface area contributed by atoms with Gasteiger partial charge in [0.15, 0.2) is 14.6 Å². The first-order chi connectivity index (χ1) is 18.3. The molecule has 188 valence electrons. The minimum atomic E-state index is -0.433. The van der Waals surface area contributed by atoms with E-state index < -0.39 is 23.3 Å². The molecule has 2 radical (unpaired) electrons. The van der Waals surface area contributed by atoms with E-state index >= 15 is 0 Å². The van der Waals surface area contributed by atoms with Crippen LogP contribution in [0.15, 0.2) is 108 Å². The topological polar surface area (TPSA) is 52.0 Å². The molecule has 0 aromatic heterocycles. The first-order valence-corrected chi connectivity index (χ1v) is 12.0. The lowest BCUT2D eigenvalue weighted by atomic mass is 9.57. The predicted octanol–water partition coefficient (Wildman–Crippen LogP) is 6.54. The van der Waals surface area contributed by atoms with Crippen LogP contribution in [0.3, 0.4) is 0 Å². The summed E-state index contributed by atoms with van der Waals surface area (Å²) in [4.78, 5) is 0. The van der Waals surface area contributed by atoms with Gasteiger partial charge in [0.25, 0.3) is 0 Å². The SMILES string of the molecule is NC([B]CC[B]C(N)=C(c1cccc(F)c1)c1cccc(F)c1)=C(c1cccc(F)c1)c1cccc(F)c1. The molecule has 38 heavy (non-hydrogen) atoms. The monoisotopic (exact) mass is 510 g/mol. The van der Waals surface area contributed by atoms with Crippen LogP contribution in [-0.4, -0.2) is 14.6 Å². The number of benzene rings is 4. The largest absolute Gasteiger partial charge is 0.410 e. The molecule has 4 N–H and O–H groups in total. The summed E-state index contributed by atoms with van der Waals surface area (Å²) >= 11 is 0. The molecule has 0 spiro atoms. The van der Waals surface area contributed by atoms with Crippen molar-refractivity contribution in [3.05, 3.63) is 154 Å². The Balaban J connectivity index is 1.58. The smallest absolute Gasteiger partial charge is 0.173 e. The second kappa shape index (κ2) is 12.4. The zero-order chi connectivity index (χ0) is 27.1. The van der Waals surface area contributed by atoms with Gasteiger partial charge in [0.05, 0.1) is 0 Å². The van der Waals surface area contributed by atoms with Gasteiger partial charge < -0.3 is 11.5 Å². The van der Waals surface area contributed by atoms with E-state index in [1.807, 2.05) is 0 Å². The molecule has 4 rings (SSSR count). The third-order valence-corrected chi connectivity index (χ3v) is 5.93. The molecule has 0 unspecified atom stereocenters. The molecule has 0 amide bonds. The molecule has 0 atom stereocenters. The van der Waals surface area contributed by atoms with Crippen molar-refractivity contribution in [2.45, 2.75) is 12.6 Å². The maximum Gasteiger partial charge on any atom is 0.173 e. The second-order valence-electron chi connectivity index (χ2n) is 8.69. The van der Waals surface area contributed by atoms with E-state index in [9.17, 15) is 17.6 Å². The molecular weight excluding hydrogens is 486 g/mol. The van der Waals surface area contributed by atoms with Crippen LogP contribution in [-0.2, 0) is 0 Å². The number of halogens is 4. The van der Waals surface area contributed by atoms with Crippen molar-refractivity contribution in [3.63, 3.8) is 0 Å². The van der Waals surface area contributed by atoms with Crippen LogP contribution >= 0.6 is 0 Å². The summed E-state index contributed by atoms with van der Waals surface area (Å²) < 4.78 is 55.9. The van der Waals surface area contributed by atoms with E-state index in [2.05, 4.69) is 0 Å². The lowest BCUT2D eigenvalue weighted by Gasteiger charge is -2.15. The fourth-order valence-corrected chi connectivity index (χ4v) is 4.26. The molecule has 0 heterocycles. The zero-order valence-electron chi connectivity index (χ0n) is 20.5. The number of rotatable bonds is 9. The standard InChI is InChI=1S/C30H24B2F4N2/c33-23-9-1-5-19(15-23)27(20-6-2-10-24(34)16-20)29(37)31-13-14-32-30(38)28(21-7-3-11-25(35)17-21)22-8-4-12-26(36)18-22/h1-12,15-18H,13-14,37-38H2. The number of hydrogen-bond donors (Lipinski definition) is 2. The van der Waals surface area contributed by atoms with Gasteiger partial charge in [-0.1, -0.05) is 61.2 Å². The van der Waals surface area contributed by atoms with Crippen molar-refractivity contribution in [2.24, 2.45) is 11.5 Å². The van der Waals surface area contributed by atoms with E-state index in [-0.39, 0.29) is 0 Å². The molecule has 0 saturated carbocycles. The first kappa shape index (κ1) is 26.9. The maximum absolute atomic E-state index is 14.0. The first-order valence-electron chi connectivity index (χ1n) is 12.0. The Kier molecular flexibility index (Phi) is 8.74. The molecule has 8 heteroatoms.